The van der Waals surface area contributed by atoms with Crippen LogP contribution in [-0.4, -0.2) is 31.3 Å². The van der Waals surface area contributed by atoms with Gasteiger partial charge in [0, 0.05) is 0 Å². The number of carbonyl (C=O) groups is 1. The third kappa shape index (κ3) is 7.17. The van der Waals surface area contributed by atoms with E-state index in [4.69, 9.17) is 4.74 Å². The molecule has 0 radical (unpaired) electrons. The van der Waals surface area contributed by atoms with E-state index in [2.05, 4.69) is 65.3 Å². The molecule has 0 spiro atoms. The Balaban J connectivity index is 2.10. The molecule has 0 bridgehead atoms. The van der Waals surface area contributed by atoms with E-state index in [0.717, 1.165) is 29.2 Å². The van der Waals surface area contributed by atoms with Crippen molar-refractivity contribution in [3.05, 3.63) is 47.5 Å². The van der Waals surface area contributed by atoms with E-state index >= 15 is 0 Å². The number of benzene rings is 2. The zero-order valence-corrected chi connectivity index (χ0v) is 22.1. The first-order valence-corrected chi connectivity index (χ1v) is 12.0. The number of hydrogen-bond acceptors (Lipinski definition) is 3. The van der Waals surface area contributed by atoms with Gasteiger partial charge in [-0.1, -0.05) is 85.2 Å². The van der Waals surface area contributed by atoms with E-state index in [0.29, 0.717) is 0 Å². The van der Waals surface area contributed by atoms with Gasteiger partial charge < -0.3 is 9.47 Å². The second-order valence-electron chi connectivity index (χ2n) is 11.5. The molecule has 3 nitrogen and oxygen atoms in total. The van der Waals surface area contributed by atoms with E-state index in [1.165, 1.54) is 5.56 Å². The number of carbonyl (C=O) groups excluding carboxylic acids is 1. The molecule has 2 rings (SSSR count). The highest BCUT2D eigenvalue weighted by Gasteiger charge is 2.58. The molecular weight excluding hydrogens is 479 g/mol. The van der Waals surface area contributed by atoms with Gasteiger partial charge in [0.2, 0.25) is 0 Å². The van der Waals surface area contributed by atoms with Crippen molar-refractivity contribution >= 4 is 16.7 Å². The van der Waals surface area contributed by atoms with E-state index in [1.54, 1.807) is 0 Å². The molecule has 0 fully saturated rings. The average Bonchev–Trinajstić information content (AvgIpc) is 2.75. The summed E-state index contributed by atoms with van der Waals surface area (Å²) < 4.78 is 71.3. The van der Waals surface area contributed by atoms with E-state index in [9.17, 15) is 26.7 Å². The molecule has 0 aliphatic heterocycles. The molecule has 8 heteroatoms. The first-order chi connectivity index (χ1) is 16.3. The Kier molecular flexibility index (Phi) is 8.87. The van der Waals surface area contributed by atoms with Crippen LogP contribution in [0.25, 0.3) is 10.8 Å². The summed E-state index contributed by atoms with van der Waals surface area (Å²) in [5.41, 5.74) is 2.13. The fraction of sp³-hybridized carbons (Fsp3) is 0.607. The molecule has 0 N–H and O–H groups in total. The zero-order valence-electron chi connectivity index (χ0n) is 22.1. The van der Waals surface area contributed by atoms with Crippen LogP contribution >= 0.6 is 0 Å². The Hall–Kier alpha value is -2.22. The third-order valence-corrected chi connectivity index (χ3v) is 7.30. The van der Waals surface area contributed by atoms with Crippen molar-refractivity contribution in [2.45, 2.75) is 85.4 Å². The zero-order chi connectivity index (χ0) is 27.6. The maximum absolute atomic E-state index is 12.8. The highest BCUT2D eigenvalue weighted by molar-refractivity contribution is 5.84. The minimum atomic E-state index is -5.78. The number of hydrogen-bond donors (Lipinski definition) is 0. The van der Waals surface area contributed by atoms with Crippen molar-refractivity contribution in [2.24, 2.45) is 10.8 Å². The topological polar surface area (TPSA) is 35.5 Å². The highest BCUT2D eigenvalue weighted by Crippen LogP contribution is 2.50. The molecule has 1 atom stereocenters. The van der Waals surface area contributed by atoms with Crippen LogP contribution in [0.5, 0.6) is 0 Å². The van der Waals surface area contributed by atoms with Gasteiger partial charge in [-0.25, -0.2) is 4.79 Å². The lowest BCUT2D eigenvalue weighted by molar-refractivity contribution is -0.294. The summed E-state index contributed by atoms with van der Waals surface area (Å²) in [7, 11) is 0. The fourth-order valence-corrected chi connectivity index (χ4v) is 4.16. The predicted octanol–water partition coefficient (Wildman–Crippen LogP) is 8.23. The van der Waals surface area contributed by atoms with Crippen molar-refractivity contribution in [1.29, 1.82) is 0 Å². The second-order valence-corrected chi connectivity index (χ2v) is 11.5. The summed E-state index contributed by atoms with van der Waals surface area (Å²) in [5.74, 6) is -6.39. The minimum Gasteiger partial charge on any atom is -0.457 e. The van der Waals surface area contributed by atoms with Crippen LogP contribution in [0.2, 0.25) is 0 Å². The van der Waals surface area contributed by atoms with Crippen LogP contribution < -0.4 is 0 Å². The lowest BCUT2D eigenvalue weighted by Gasteiger charge is -2.47. The van der Waals surface area contributed by atoms with Crippen molar-refractivity contribution in [1.82, 2.24) is 0 Å². The minimum absolute atomic E-state index is 0.0210. The molecule has 2 aromatic rings. The molecule has 1 unspecified atom stereocenters. The molecule has 0 amide bonds. The Labute approximate surface area is 210 Å². The fourth-order valence-electron chi connectivity index (χ4n) is 4.16. The number of esters is 1. The smallest absolute Gasteiger partial charge is 0.456 e. The summed E-state index contributed by atoms with van der Waals surface area (Å²) in [6, 6.07) is 12.1. The lowest BCUT2D eigenvalue weighted by atomic mass is 9.57. The van der Waals surface area contributed by atoms with Gasteiger partial charge >= 0.3 is 18.1 Å². The Morgan fingerprint density at radius 1 is 0.861 bits per heavy atom. The van der Waals surface area contributed by atoms with Gasteiger partial charge in [-0.05, 0) is 50.6 Å². The van der Waals surface area contributed by atoms with Crippen LogP contribution in [-0.2, 0) is 26.3 Å². The van der Waals surface area contributed by atoms with Crippen molar-refractivity contribution in [3.63, 3.8) is 0 Å². The molecule has 202 valence electrons. The standard InChI is InChI=1S/C28H37F5O3/c1-8-25(5,6)17-26(7,24(2,3)4)22-12-11-20-13-19(9-10-21(20)14-22)15-35-16-23(34)36-18-27(29,30)28(31,32)33/h9-14H,8,15-18H2,1-7H3. The summed E-state index contributed by atoms with van der Waals surface area (Å²) in [6.07, 6.45) is -3.67. The van der Waals surface area contributed by atoms with E-state index in [1.807, 2.05) is 24.3 Å². The number of alkyl halides is 5. The van der Waals surface area contributed by atoms with Crippen LogP contribution in [0.3, 0.4) is 0 Å². The molecular formula is C28H37F5O3. The maximum Gasteiger partial charge on any atom is 0.456 e. The monoisotopic (exact) mass is 516 g/mol. The van der Waals surface area contributed by atoms with Gasteiger partial charge in [-0.15, -0.1) is 0 Å². The van der Waals surface area contributed by atoms with Crippen molar-refractivity contribution in [3.8, 4) is 0 Å². The van der Waals surface area contributed by atoms with Gasteiger partial charge in [0.15, 0.2) is 6.61 Å². The SMILES string of the molecule is CCC(C)(C)CC(C)(c1ccc2cc(COCC(=O)OCC(F)(F)C(F)(F)F)ccc2c1)C(C)(C)C. The quantitative estimate of drug-likeness (QED) is 0.236. The molecule has 0 aliphatic rings. The van der Waals surface area contributed by atoms with Crippen LogP contribution in [0.4, 0.5) is 22.0 Å². The summed E-state index contributed by atoms with van der Waals surface area (Å²) in [5, 5.41) is 2.02. The van der Waals surface area contributed by atoms with Gasteiger partial charge in [0.1, 0.15) is 6.61 Å². The molecule has 2 aromatic carbocycles. The normalized spacial score (nSPS) is 15.1. The number of rotatable bonds is 10. The first kappa shape index (κ1) is 30.0. The summed E-state index contributed by atoms with van der Waals surface area (Å²) >= 11 is 0. The number of fused-ring (bicyclic) bond motifs is 1. The number of ether oxygens (including phenoxy) is 2. The first-order valence-electron chi connectivity index (χ1n) is 12.0. The van der Waals surface area contributed by atoms with E-state index in [-0.39, 0.29) is 22.9 Å². The third-order valence-electron chi connectivity index (χ3n) is 7.30. The van der Waals surface area contributed by atoms with Crippen molar-refractivity contribution < 1.29 is 36.2 Å². The predicted molar refractivity (Wildman–Crippen MR) is 131 cm³/mol. The average molecular weight is 517 g/mol. The molecule has 0 heterocycles. The van der Waals surface area contributed by atoms with E-state index < -0.39 is 31.3 Å². The highest BCUT2D eigenvalue weighted by atomic mass is 19.4. The summed E-state index contributed by atoms with van der Waals surface area (Å²) in [4.78, 5) is 11.5. The molecule has 0 aliphatic carbocycles. The lowest BCUT2D eigenvalue weighted by Crippen LogP contribution is -2.41. The van der Waals surface area contributed by atoms with Crippen LogP contribution in [0, 0.1) is 10.8 Å². The molecule has 36 heavy (non-hydrogen) atoms. The Morgan fingerprint density at radius 3 is 2.00 bits per heavy atom. The number of halogens is 5. The van der Waals surface area contributed by atoms with Crippen molar-refractivity contribution in [2.75, 3.05) is 13.2 Å². The maximum atomic E-state index is 12.8. The second kappa shape index (κ2) is 10.6. The van der Waals surface area contributed by atoms with Gasteiger partial charge in [-0.2, -0.15) is 22.0 Å². The van der Waals surface area contributed by atoms with Crippen LogP contribution in [0.1, 0.15) is 72.4 Å². The summed E-state index contributed by atoms with van der Waals surface area (Å²) in [6.45, 7) is 13.1. The molecule has 0 saturated heterocycles. The van der Waals surface area contributed by atoms with Gasteiger partial charge in [0.05, 0.1) is 6.61 Å². The Bertz CT molecular complexity index is 1050. The van der Waals surface area contributed by atoms with Crippen LogP contribution in [0.15, 0.2) is 36.4 Å². The molecule has 0 saturated carbocycles. The Morgan fingerprint density at radius 2 is 1.44 bits per heavy atom. The molecule has 0 aromatic heterocycles. The van der Waals surface area contributed by atoms with Gasteiger partial charge in [0.25, 0.3) is 0 Å². The van der Waals surface area contributed by atoms with Gasteiger partial charge in [-0.3, -0.25) is 0 Å². The largest absolute Gasteiger partial charge is 0.457 e.